The lowest BCUT2D eigenvalue weighted by molar-refractivity contribution is -0.125. The average molecular weight is 237 g/mol. The van der Waals surface area contributed by atoms with Gasteiger partial charge in [0.2, 0.25) is 0 Å². The summed E-state index contributed by atoms with van der Waals surface area (Å²) in [4.78, 5) is 0. The topological polar surface area (TPSA) is 26.0 Å². The number of fused-ring (bicyclic) bond motifs is 1. The van der Waals surface area contributed by atoms with Crippen molar-refractivity contribution in [2.24, 2.45) is 5.73 Å². The van der Waals surface area contributed by atoms with Crippen LogP contribution >= 0.6 is 0 Å². The molecule has 3 heteroatoms. The molecule has 1 nitrogen and oxygen atoms in total. The molecular formula is C14H17F2N. The first-order chi connectivity index (χ1) is 8.00. The predicted octanol–water partition coefficient (Wildman–Crippen LogP) is 3.15. The van der Waals surface area contributed by atoms with Crippen LogP contribution in [0.2, 0.25) is 0 Å². The third-order valence-electron chi connectivity index (χ3n) is 4.08. The highest BCUT2D eigenvalue weighted by Gasteiger charge is 2.55. The second kappa shape index (κ2) is 3.52. The first-order valence-electron chi connectivity index (χ1n) is 6.28. The summed E-state index contributed by atoms with van der Waals surface area (Å²) in [6, 6.07) is 6.02. The number of benzene rings is 1. The standard InChI is InChI=1S/C14H17F2N/c15-14(16)8-13(17,9-14)12-7-3-5-10-4-1-2-6-11(10)12/h3,5,7H,1-2,4,6,8-9,17H2. The number of aryl methyl sites for hydroxylation is 1. The van der Waals surface area contributed by atoms with Crippen molar-refractivity contribution in [3.05, 3.63) is 34.9 Å². The van der Waals surface area contributed by atoms with Crippen molar-refractivity contribution in [3.63, 3.8) is 0 Å². The fourth-order valence-electron chi connectivity index (χ4n) is 3.31. The molecule has 0 radical (unpaired) electrons. The van der Waals surface area contributed by atoms with Crippen LogP contribution in [0.3, 0.4) is 0 Å². The smallest absolute Gasteiger partial charge is 0.252 e. The monoisotopic (exact) mass is 237 g/mol. The Morgan fingerprint density at radius 1 is 1.06 bits per heavy atom. The lowest BCUT2D eigenvalue weighted by atomic mass is 9.67. The molecule has 2 aliphatic carbocycles. The van der Waals surface area contributed by atoms with Gasteiger partial charge in [-0.1, -0.05) is 18.2 Å². The van der Waals surface area contributed by atoms with E-state index in [2.05, 4.69) is 6.07 Å². The Morgan fingerprint density at radius 3 is 2.47 bits per heavy atom. The highest BCUT2D eigenvalue weighted by molar-refractivity contribution is 5.43. The third kappa shape index (κ3) is 1.77. The molecule has 1 aromatic rings. The molecule has 92 valence electrons. The van der Waals surface area contributed by atoms with E-state index in [1.807, 2.05) is 12.1 Å². The molecule has 0 atom stereocenters. The van der Waals surface area contributed by atoms with Gasteiger partial charge in [-0.3, -0.25) is 0 Å². The van der Waals surface area contributed by atoms with Gasteiger partial charge in [-0.05, 0) is 42.4 Å². The summed E-state index contributed by atoms with van der Waals surface area (Å²) < 4.78 is 26.1. The van der Waals surface area contributed by atoms with Gasteiger partial charge in [0.15, 0.2) is 0 Å². The fourth-order valence-corrected chi connectivity index (χ4v) is 3.31. The first-order valence-corrected chi connectivity index (χ1v) is 6.28. The maximum absolute atomic E-state index is 13.1. The van der Waals surface area contributed by atoms with Gasteiger partial charge in [-0.2, -0.15) is 0 Å². The van der Waals surface area contributed by atoms with Crippen LogP contribution in [0.15, 0.2) is 18.2 Å². The van der Waals surface area contributed by atoms with Gasteiger partial charge >= 0.3 is 0 Å². The quantitative estimate of drug-likeness (QED) is 0.797. The minimum absolute atomic E-state index is 0.198. The van der Waals surface area contributed by atoms with Crippen LogP contribution in [0, 0.1) is 0 Å². The minimum atomic E-state index is -2.56. The summed E-state index contributed by atoms with van der Waals surface area (Å²) in [5.41, 5.74) is 8.89. The Kier molecular flexibility index (Phi) is 2.31. The highest BCUT2D eigenvalue weighted by atomic mass is 19.3. The van der Waals surface area contributed by atoms with Crippen LogP contribution < -0.4 is 5.73 Å². The van der Waals surface area contributed by atoms with Crippen LogP contribution in [0.4, 0.5) is 8.78 Å². The molecule has 3 rings (SSSR count). The molecule has 0 saturated heterocycles. The second-order valence-electron chi connectivity index (χ2n) is 5.52. The van der Waals surface area contributed by atoms with Crippen LogP contribution in [-0.4, -0.2) is 5.92 Å². The van der Waals surface area contributed by atoms with E-state index in [0.717, 1.165) is 24.8 Å². The van der Waals surface area contributed by atoms with Crippen LogP contribution in [0.1, 0.15) is 42.4 Å². The number of halogens is 2. The Bertz CT molecular complexity index is 446. The molecule has 0 aromatic heterocycles. The summed E-state index contributed by atoms with van der Waals surface area (Å²) in [6.45, 7) is 0. The number of hydrogen-bond donors (Lipinski definition) is 1. The van der Waals surface area contributed by atoms with Crippen molar-refractivity contribution in [1.82, 2.24) is 0 Å². The Labute approximate surface area is 100 Å². The number of hydrogen-bond acceptors (Lipinski definition) is 1. The maximum atomic E-state index is 13.1. The van der Waals surface area contributed by atoms with Gasteiger partial charge < -0.3 is 5.73 Å². The zero-order chi connectivity index (χ0) is 12.1. The number of nitrogens with two attached hydrogens (primary N) is 1. The summed E-state index contributed by atoms with van der Waals surface area (Å²) in [6.07, 6.45) is 4.01. The molecule has 2 N–H and O–H groups in total. The molecular weight excluding hydrogens is 220 g/mol. The lowest BCUT2D eigenvalue weighted by Crippen LogP contribution is -2.56. The van der Waals surface area contributed by atoms with E-state index in [0.29, 0.717) is 0 Å². The summed E-state index contributed by atoms with van der Waals surface area (Å²) in [5, 5.41) is 0. The first kappa shape index (κ1) is 11.1. The molecule has 0 spiro atoms. The lowest BCUT2D eigenvalue weighted by Gasteiger charge is -2.46. The molecule has 1 saturated carbocycles. The van der Waals surface area contributed by atoms with Crippen LogP contribution in [-0.2, 0) is 18.4 Å². The highest BCUT2D eigenvalue weighted by Crippen LogP contribution is 2.51. The van der Waals surface area contributed by atoms with Crippen molar-refractivity contribution in [3.8, 4) is 0 Å². The normalized spacial score (nSPS) is 24.9. The van der Waals surface area contributed by atoms with Gasteiger partial charge in [0.05, 0.1) is 5.54 Å². The van der Waals surface area contributed by atoms with Gasteiger partial charge in [-0.25, -0.2) is 8.78 Å². The van der Waals surface area contributed by atoms with E-state index in [1.54, 1.807) is 0 Å². The zero-order valence-corrected chi connectivity index (χ0v) is 9.81. The fraction of sp³-hybridized carbons (Fsp3) is 0.571. The molecule has 1 fully saturated rings. The minimum Gasteiger partial charge on any atom is -0.321 e. The van der Waals surface area contributed by atoms with E-state index < -0.39 is 11.5 Å². The van der Waals surface area contributed by atoms with Crippen LogP contribution in [0.25, 0.3) is 0 Å². The Hall–Kier alpha value is -0.960. The van der Waals surface area contributed by atoms with Crippen molar-refractivity contribution in [2.75, 3.05) is 0 Å². The molecule has 0 unspecified atom stereocenters. The van der Waals surface area contributed by atoms with Crippen molar-refractivity contribution >= 4 is 0 Å². The average Bonchev–Trinajstić information content (AvgIpc) is 2.25. The van der Waals surface area contributed by atoms with Gasteiger partial charge in [0.25, 0.3) is 5.92 Å². The largest absolute Gasteiger partial charge is 0.321 e. The van der Waals surface area contributed by atoms with E-state index in [9.17, 15) is 8.78 Å². The summed E-state index contributed by atoms with van der Waals surface area (Å²) in [7, 11) is 0. The number of rotatable bonds is 1. The Balaban J connectivity index is 1.99. The summed E-state index contributed by atoms with van der Waals surface area (Å²) >= 11 is 0. The molecule has 17 heavy (non-hydrogen) atoms. The molecule has 1 aromatic carbocycles. The van der Waals surface area contributed by atoms with Crippen molar-refractivity contribution in [1.29, 1.82) is 0 Å². The molecule has 0 amide bonds. The molecule has 0 heterocycles. The SMILES string of the molecule is NC1(c2cccc3c2CCCC3)CC(F)(F)C1. The Morgan fingerprint density at radius 2 is 1.76 bits per heavy atom. The van der Waals surface area contributed by atoms with E-state index in [4.69, 9.17) is 5.73 Å². The van der Waals surface area contributed by atoms with Gasteiger partial charge in [0, 0.05) is 12.8 Å². The van der Waals surface area contributed by atoms with Crippen molar-refractivity contribution < 1.29 is 8.78 Å². The molecule has 0 bridgehead atoms. The predicted molar refractivity (Wildman–Crippen MR) is 63.1 cm³/mol. The maximum Gasteiger partial charge on any atom is 0.252 e. The third-order valence-corrected chi connectivity index (χ3v) is 4.08. The molecule has 0 aliphatic heterocycles. The van der Waals surface area contributed by atoms with E-state index in [-0.39, 0.29) is 12.8 Å². The van der Waals surface area contributed by atoms with Crippen molar-refractivity contribution in [2.45, 2.75) is 50.0 Å². The van der Waals surface area contributed by atoms with Gasteiger partial charge in [0.1, 0.15) is 0 Å². The van der Waals surface area contributed by atoms with E-state index >= 15 is 0 Å². The van der Waals surface area contributed by atoms with E-state index in [1.165, 1.54) is 17.5 Å². The zero-order valence-electron chi connectivity index (χ0n) is 9.81. The van der Waals surface area contributed by atoms with Gasteiger partial charge in [-0.15, -0.1) is 0 Å². The number of alkyl halides is 2. The molecule has 2 aliphatic rings. The second-order valence-corrected chi connectivity index (χ2v) is 5.52. The summed E-state index contributed by atoms with van der Waals surface area (Å²) in [5.74, 6) is -2.56. The van der Waals surface area contributed by atoms with Crippen LogP contribution in [0.5, 0.6) is 0 Å².